The van der Waals surface area contributed by atoms with Gasteiger partial charge in [-0.2, -0.15) is 0 Å². The van der Waals surface area contributed by atoms with Gasteiger partial charge in [-0.1, -0.05) is 30.3 Å². The van der Waals surface area contributed by atoms with Crippen molar-refractivity contribution >= 4 is 17.6 Å². The lowest BCUT2D eigenvalue weighted by Crippen LogP contribution is -2.51. The molecule has 4 heterocycles. The topological polar surface area (TPSA) is 73.2 Å². The number of carbonyl (C=O) groups is 2. The van der Waals surface area contributed by atoms with Gasteiger partial charge in [0.05, 0.1) is 5.69 Å². The van der Waals surface area contributed by atoms with Crippen LogP contribution in [0.4, 0.5) is 4.79 Å². The number of hydrogen-bond acceptors (Lipinski definition) is 4. The summed E-state index contributed by atoms with van der Waals surface area (Å²) in [6.45, 7) is 5.84. The molecule has 0 unspecified atom stereocenters. The van der Waals surface area contributed by atoms with Crippen LogP contribution in [0.1, 0.15) is 29.7 Å². The normalized spacial score (nSPS) is 17.2. The monoisotopic (exact) mass is 446 g/mol. The van der Waals surface area contributed by atoms with Gasteiger partial charge in [0, 0.05) is 71.2 Å². The Kier molecular flexibility index (Phi) is 6.26. The number of piperazine rings is 1. The Labute approximate surface area is 193 Å². The van der Waals surface area contributed by atoms with E-state index in [0.717, 1.165) is 55.1 Å². The Bertz CT molecular complexity index is 1100. The molecule has 1 N–H and O–H groups in total. The molecule has 0 saturated carbocycles. The van der Waals surface area contributed by atoms with Crippen LogP contribution in [-0.2, 0) is 24.4 Å². The molecule has 2 aromatic heterocycles. The number of nitrogens with zero attached hydrogens (tertiary/aromatic N) is 5. The molecule has 1 aromatic carbocycles. The summed E-state index contributed by atoms with van der Waals surface area (Å²) in [7, 11) is 0. The first-order valence-corrected chi connectivity index (χ1v) is 11.7. The second kappa shape index (κ2) is 9.62. The standard InChI is InChI=1S/C25H30N6O2/c32-24-8-4-10-31(24)17-21-6-3-5-20(15-21)16-26-25(33)29-13-11-28(12-14-29)18-22-19-30-9-2-1-7-23(30)27-22/h1-3,5-7,9,15,19H,4,8,10-14,16-18H2,(H,26,33). The minimum atomic E-state index is -0.0255. The maximum Gasteiger partial charge on any atom is 0.317 e. The van der Waals surface area contributed by atoms with E-state index in [1.165, 1.54) is 0 Å². The first kappa shape index (κ1) is 21.5. The number of fused-ring (bicyclic) bond motifs is 1. The second-order valence-electron chi connectivity index (χ2n) is 8.86. The highest BCUT2D eigenvalue weighted by molar-refractivity contribution is 5.78. The van der Waals surface area contributed by atoms with Crippen LogP contribution in [-0.4, -0.2) is 68.7 Å². The number of pyridine rings is 1. The van der Waals surface area contributed by atoms with Crippen LogP contribution >= 0.6 is 0 Å². The van der Waals surface area contributed by atoms with Crippen molar-refractivity contribution in [2.45, 2.75) is 32.5 Å². The van der Waals surface area contributed by atoms with Gasteiger partial charge < -0.3 is 19.5 Å². The van der Waals surface area contributed by atoms with Crippen molar-refractivity contribution in [3.05, 3.63) is 71.7 Å². The summed E-state index contributed by atoms with van der Waals surface area (Å²) in [5.41, 5.74) is 4.17. The Morgan fingerprint density at radius 3 is 2.61 bits per heavy atom. The quantitative estimate of drug-likeness (QED) is 0.632. The second-order valence-corrected chi connectivity index (χ2v) is 8.86. The molecule has 0 radical (unpaired) electrons. The highest BCUT2D eigenvalue weighted by atomic mass is 16.2. The van der Waals surface area contributed by atoms with E-state index in [1.54, 1.807) is 0 Å². The summed E-state index contributed by atoms with van der Waals surface area (Å²) in [5.74, 6) is 0.231. The third-order valence-corrected chi connectivity index (χ3v) is 6.44. The summed E-state index contributed by atoms with van der Waals surface area (Å²) in [4.78, 5) is 35.4. The maximum atomic E-state index is 12.7. The van der Waals surface area contributed by atoms with Crippen molar-refractivity contribution in [3.8, 4) is 0 Å². The third kappa shape index (κ3) is 5.17. The predicted molar refractivity (Wildman–Crippen MR) is 125 cm³/mol. The average molecular weight is 447 g/mol. The van der Waals surface area contributed by atoms with Crippen molar-refractivity contribution in [1.82, 2.24) is 29.4 Å². The number of rotatable bonds is 6. The molecule has 2 aliphatic heterocycles. The van der Waals surface area contributed by atoms with Crippen LogP contribution in [0.15, 0.2) is 54.9 Å². The van der Waals surface area contributed by atoms with E-state index in [0.29, 0.717) is 32.6 Å². The van der Waals surface area contributed by atoms with E-state index in [-0.39, 0.29) is 11.9 Å². The predicted octanol–water partition coefficient (Wildman–Crippen LogP) is 2.48. The molecule has 8 nitrogen and oxygen atoms in total. The van der Waals surface area contributed by atoms with Crippen molar-refractivity contribution in [2.75, 3.05) is 32.7 Å². The van der Waals surface area contributed by atoms with Gasteiger partial charge in [0.15, 0.2) is 0 Å². The van der Waals surface area contributed by atoms with Crippen molar-refractivity contribution < 1.29 is 9.59 Å². The number of aromatic nitrogens is 2. The fraction of sp³-hybridized carbons (Fsp3) is 0.400. The number of imidazole rings is 1. The SMILES string of the molecule is O=C1CCCN1Cc1cccc(CNC(=O)N2CCN(Cc3cn4ccccc4n3)CC2)c1. The van der Waals surface area contributed by atoms with Crippen LogP contribution < -0.4 is 5.32 Å². The van der Waals surface area contributed by atoms with Crippen LogP contribution in [0.2, 0.25) is 0 Å². The molecular formula is C25H30N6O2. The van der Waals surface area contributed by atoms with Crippen molar-refractivity contribution in [3.63, 3.8) is 0 Å². The minimum Gasteiger partial charge on any atom is -0.338 e. The Morgan fingerprint density at radius 1 is 0.970 bits per heavy atom. The van der Waals surface area contributed by atoms with Gasteiger partial charge in [0.25, 0.3) is 0 Å². The zero-order valence-corrected chi connectivity index (χ0v) is 18.8. The first-order valence-electron chi connectivity index (χ1n) is 11.7. The smallest absolute Gasteiger partial charge is 0.317 e. The molecule has 0 bridgehead atoms. The molecule has 3 amide bonds. The number of amides is 3. The molecule has 2 aliphatic rings. The molecule has 33 heavy (non-hydrogen) atoms. The molecule has 8 heteroatoms. The van der Waals surface area contributed by atoms with E-state index in [4.69, 9.17) is 0 Å². The van der Waals surface area contributed by atoms with E-state index in [9.17, 15) is 9.59 Å². The molecule has 0 atom stereocenters. The lowest BCUT2D eigenvalue weighted by atomic mass is 10.1. The lowest BCUT2D eigenvalue weighted by Gasteiger charge is -2.34. The summed E-state index contributed by atoms with van der Waals surface area (Å²) in [6, 6.07) is 14.1. The van der Waals surface area contributed by atoms with E-state index in [1.807, 2.05) is 56.8 Å². The van der Waals surface area contributed by atoms with Gasteiger partial charge in [-0.15, -0.1) is 0 Å². The van der Waals surface area contributed by atoms with Gasteiger partial charge >= 0.3 is 6.03 Å². The first-order chi connectivity index (χ1) is 16.1. The van der Waals surface area contributed by atoms with Gasteiger partial charge in [-0.25, -0.2) is 9.78 Å². The fourth-order valence-electron chi connectivity index (χ4n) is 4.62. The van der Waals surface area contributed by atoms with Crippen LogP contribution in [0.5, 0.6) is 0 Å². The van der Waals surface area contributed by atoms with Gasteiger partial charge in [-0.3, -0.25) is 9.69 Å². The number of carbonyl (C=O) groups excluding carboxylic acids is 2. The minimum absolute atomic E-state index is 0.0255. The Morgan fingerprint density at radius 2 is 1.82 bits per heavy atom. The fourth-order valence-corrected chi connectivity index (χ4v) is 4.62. The van der Waals surface area contributed by atoms with Gasteiger partial charge in [-0.05, 0) is 29.7 Å². The average Bonchev–Trinajstić information content (AvgIpc) is 3.43. The number of benzene rings is 1. The number of urea groups is 1. The van der Waals surface area contributed by atoms with Crippen molar-refractivity contribution in [1.29, 1.82) is 0 Å². The van der Waals surface area contributed by atoms with Crippen LogP contribution in [0.25, 0.3) is 5.65 Å². The Hall–Kier alpha value is -3.39. The lowest BCUT2D eigenvalue weighted by molar-refractivity contribution is -0.128. The molecule has 172 valence electrons. The molecule has 0 spiro atoms. The molecular weight excluding hydrogens is 416 g/mol. The number of likely N-dealkylation sites (tertiary alicyclic amines) is 1. The zero-order chi connectivity index (χ0) is 22.6. The van der Waals surface area contributed by atoms with E-state index >= 15 is 0 Å². The van der Waals surface area contributed by atoms with E-state index < -0.39 is 0 Å². The van der Waals surface area contributed by atoms with Crippen molar-refractivity contribution in [2.24, 2.45) is 0 Å². The summed E-state index contributed by atoms with van der Waals surface area (Å²) >= 11 is 0. The highest BCUT2D eigenvalue weighted by Gasteiger charge is 2.22. The van der Waals surface area contributed by atoms with Crippen LogP contribution in [0.3, 0.4) is 0 Å². The molecule has 2 saturated heterocycles. The number of hydrogen-bond donors (Lipinski definition) is 1. The van der Waals surface area contributed by atoms with Crippen LogP contribution in [0, 0.1) is 0 Å². The summed E-state index contributed by atoms with van der Waals surface area (Å²) < 4.78 is 2.04. The molecule has 0 aliphatic carbocycles. The maximum absolute atomic E-state index is 12.7. The van der Waals surface area contributed by atoms with Gasteiger partial charge in [0.1, 0.15) is 5.65 Å². The summed E-state index contributed by atoms with van der Waals surface area (Å²) in [6.07, 6.45) is 5.68. The van der Waals surface area contributed by atoms with E-state index in [2.05, 4.69) is 27.5 Å². The highest BCUT2D eigenvalue weighted by Crippen LogP contribution is 2.15. The molecule has 2 fully saturated rings. The molecule has 5 rings (SSSR count). The summed E-state index contributed by atoms with van der Waals surface area (Å²) in [5, 5.41) is 3.05. The van der Waals surface area contributed by atoms with Gasteiger partial charge in [0.2, 0.25) is 5.91 Å². The third-order valence-electron chi connectivity index (χ3n) is 6.44. The Balaban J connectivity index is 1.08. The largest absolute Gasteiger partial charge is 0.338 e. The number of nitrogens with one attached hydrogen (secondary N) is 1. The molecule has 3 aromatic rings. The zero-order valence-electron chi connectivity index (χ0n) is 18.8.